The summed E-state index contributed by atoms with van der Waals surface area (Å²) < 4.78 is 4.95. The van der Waals surface area contributed by atoms with Crippen molar-refractivity contribution in [1.29, 1.82) is 0 Å². The van der Waals surface area contributed by atoms with E-state index in [1.807, 2.05) is 4.90 Å². The average molecular weight is 298 g/mol. The minimum Gasteiger partial charge on any atom is -0.465 e. The fourth-order valence-corrected chi connectivity index (χ4v) is 2.46. The maximum Gasteiger partial charge on any atom is 0.319 e. The first-order valence-electron chi connectivity index (χ1n) is 7.48. The zero-order valence-corrected chi connectivity index (χ0v) is 13.2. The highest BCUT2D eigenvalue weighted by Gasteiger charge is 2.38. The molecule has 6 nitrogen and oxygen atoms in total. The molecule has 120 valence electrons. The Bertz CT molecular complexity index is 398. The summed E-state index contributed by atoms with van der Waals surface area (Å²) in [6, 6.07) is 0. The van der Waals surface area contributed by atoms with Crippen LogP contribution in [0.25, 0.3) is 0 Å². The van der Waals surface area contributed by atoms with Crippen LogP contribution in [0.4, 0.5) is 0 Å². The largest absolute Gasteiger partial charge is 0.465 e. The molecule has 0 radical (unpaired) electrons. The van der Waals surface area contributed by atoms with Crippen LogP contribution in [-0.2, 0) is 19.1 Å². The van der Waals surface area contributed by atoms with E-state index in [0.29, 0.717) is 12.3 Å². The van der Waals surface area contributed by atoms with E-state index in [1.54, 1.807) is 20.8 Å². The number of amides is 1. The standard InChI is InChI=1S/C15H26N2O4/c1-4-21-14(20)15(2,3)12(18)10-17-7-5-11(6-8-17)9-13(16)19/h11H,4-10H2,1-3H3,(H2,16,19). The fraction of sp³-hybridized carbons (Fsp3) is 0.800. The van der Waals surface area contributed by atoms with Crippen molar-refractivity contribution in [3.8, 4) is 0 Å². The van der Waals surface area contributed by atoms with Gasteiger partial charge in [-0.05, 0) is 52.6 Å². The third-order valence-electron chi connectivity index (χ3n) is 4.05. The monoisotopic (exact) mass is 298 g/mol. The van der Waals surface area contributed by atoms with E-state index in [1.165, 1.54) is 0 Å². The number of esters is 1. The van der Waals surface area contributed by atoms with Crippen LogP contribution < -0.4 is 5.73 Å². The molecule has 0 aliphatic carbocycles. The molecule has 1 rings (SSSR count). The Morgan fingerprint density at radius 1 is 1.24 bits per heavy atom. The molecule has 1 aliphatic rings. The third kappa shape index (κ3) is 5.12. The first kappa shape index (κ1) is 17.6. The van der Waals surface area contributed by atoms with Crippen molar-refractivity contribution in [3.63, 3.8) is 0 Å². The number of hydrogen-bond acceptors (Lipinski definition) is 5. The first-order valence-corrected chi connectivity index (χ1v) is 7.48. The number of ether oxygens (including phenoxy) is 1. The van der Waals surface area contributed by atoms with Crippen LogP contribution in [-0.4, -0.2) is 48.8 Å². The molecule has 0 bridgehead atoms. The number of nitrogens with two attached hydrogens (primary N) is 1. The van der Waals surface area contributed by atoms with Crippen molar-refractivity contribution >= 4 is 17.7 Å². The molecule has 0 atom stereocenters. The number of rotatable bonds is 7. The number of hydrogen-bond donors (Lipinski definition) is 1. The van der Waals surface area contributed by atoms with Crippen molar-refractivity contribution in [1.82, 2.24) is 4.90 Å². The first-order chi connectivity index (χ1) is 9.77. The van der Waals surface area contributed by atoms with E-state index in [-0.39, 0.29) is 24.8 Å². The van der Waals surface area contributed by atoms with Gasteiger partial charge in [-0.2, -0.15) is 0 Å². The van der Waals surface area contributed by atoms with Gasteiger partial charge in [0, 0.05) is 6.42 Å². The molecule has 6 heteroatoms. The summed E-state index contributed by atoms with van der Waals surface area (Å²) in [4.78, 5) is 37.0. The molecule has 1 amide bonds. The minimum atomic E-state index is -1.11. The summed E-state index contributed by atoms with van der Waals surface area (Å²) in [6.45, 7) is 6.96. The molecule has 21 heavy (non-hydrogen) atoms. The van der Waals surface area contributed by atoms with Crippen LogP contribution in [0.2, 0.25) is 0 Å². The molecule has 1 aliphatic heterocycles. The van der Waals surface area contributed by atoms with Gasteiger partial charge in [0.05, 0.1) is 13.2 Å². The third-order valence-corrected chi connectivity index (χ3v) is 4.05. The molecular formula is C15H26N2O4. The van der Waals surface area contributed by atoms with Crippen molar-refractivity contribution in [2.75, 3.05) is 26.2 Å². The molecule has 0 saturated carbocycles. The molecule has 1 fully saturated rings. The molecule has 1 saturated heterocycles. The van der Waals surface area contributed by atoms with E-state index >= 15 is 0 Å². The van der Waals surface area contributed by atoms with Gasteiger partial charge in [-0.15, -0.1) is 0 Å². The number of carbonyl (C=O) groups excluding carboxylic acids is 3. The summed E-state index contributed by atoms with van der Waals surface area (Å²) in [5.41, 5.74) is 4.09. The predicted octanol–water partition coefficient (Wildman–Crippen LogP) is 0.732. The van der Waals surface area contributed by atoms with Crippen LogP contribution in [0.1, 0.15) is 40.0 Å². The van der Waals surface area contributed by atoms with Gasteiger partial charge < -0.3 is 10.5 Å². The lowest BCUT2D eigenvalue weighted by Gasteiger charge is -2.32. The van der Waals surface area contributed by atoms with E-state index < -0.39 is 11.4 Å². The quantitative estimate of drug-likeness (QED) is 0.553. The van der Waals surface area contributed by atoms with Crippen LogP contribution in [0.15, 0.2) is 0 Å². The molecule has 0 aromatic heterocycles. The summed E-state index contributed by atoms with van der Waals surface area (Å²) >= 11 is 0. The second kappa shape index (κ2) is 7.54. The van der Waals surface area contributed by atoms with Crippen molar-refractivity contribution in [2.24, 2.45) is 17.1 Å². The maximum atomic E-state index is 12.3. The van der Waals surface area contributed by atoms with Crippen LogP contribution in [0, 0.1) is 11.3 Å². The van der Waals surface area contributed by atoms with Gasteiger partial charge in [-0.1, -0.05) is 0 Å². The Kier molecular flexibility index (Phi) is 6.33. The normalized spacial score (nSPS) is 17.5. The smallest absolute Gasteiger partial charge is 0.319 e. The van der Waals surface area contributed by atoms with Crippen LogP contribution >= 0.6 is 0 Å². The zero-order valence-electron chi connectivity index (χ0n) is 13.2. The van der Waals surface area contributed by atoms with Gasteiger partial charge in [0.1, 0.15) is 5.41 Å². The lowest BCUT2D eigenvalue weighted by Crippen LogP contribution is -2.45. The number of Topliss-reactive ketones (excluding diaryl/α,β-unsaturated/α-hetero) is 1. The fourth-order valence-electron chi connectivity index (χ4n) is 2.46. The number of primary amides is 1. The van der Waals surface area contributed by atoms with Gasteiger partial charge in [-0.25, -0.2) is 0 Å². The van der Waals surface area contributed by atoms with Crippen molar-refractivity contribution in [2.45, 2.75) is 40.0 Å². The lowest BCUT2D eigenvalue weighted by molar-refractivity contribution is -0.158. The molecule has 0 unspecified atom stereocenters. The Morgan fingerprint density at radius 2 is 1.81 bits per heavy atom. The Hall–Kier alpha value is -1.43. The maximum absolute atomic E-state index is 12.3. The molecular weight excluding hydrogens is 272 g/mol. The predicted molar refractivity (Wildman–Crippen MR) is 78.4 cm³/mol. The summed E-state index contributed by atoms with van der Waals surface area (Å²) in [5.74, 6) is -0.562. The second-order valence-electron chi connectivity index (χ2n) is 6.16. The number of carbonyl (C=O) groups is 3. The van der Waals surface area contributed by atoms with Gasteiger partial charge in [0.2, 0.25) is 5.91 Å². The number of piperidine rings is 1. The zero-order chi connectivity index (χ0) is 16.0. The Balaban J connectivity index is 2.46. The molecule has 0 aromatic carbocycles. The van der Waals surface area contributed by atoms with E-state index in [2.05, 4.69) is 0 Å². The van der Waals surface area contributed by atoms with Gasteiger partial charge in [0.15, 0.2) is 5.78 Å². The van der Waals surface area contributed by atoms with E-state index in [0.717, 1.165) is 25.9 Å². The highest BCUT2D eigenvalue weighted by molar-refractivity contribution is 6.03. The summed E-state index contributed by atoms with van der Waals surface area (Å²) in [7, 11) is 0. The molecule has 0 aromatic rings. The average Bonchev–Trinajstić information content (AvgIpc) is 2.40. The second-order valence-corrected chi connectivity index (χ2v) is 6.16. The number of likely N-dealkylation sites (tertiary alicyclic amines) is 1. The highest BCUT2D eigenvalue weighted by Crippen LogP contribution is 2.23. The highest BCUT2D eigenvalue weighted by atomic mass is 16.5. The van der Waals surface area contributed by atoms with E-state index in [9.17, 15) is 14.4 Å². The summed E-state index contributed by atoms with van der Waals surface area (Å²) in [5, 5.41) is 0. The molecule has 0 spiro atoms. The topological polar surface area (TPSA) is 89.7 Å². The molecule has 2 N–H and O–H groups in total. The van der Waals surface area contributed by atoms with Crippen molar-refractivity contribution in [3.05, 3.63) is 0 Å². The Labute approximate surface area is 126 Å². The van der Waals surface area contributed by atoms with Gasteiger partial charge in [-0.3, -0.25) is 19.3 Å². The number of ketones is 1. The van der Waals surface area contributed by atoms with Gasteiger partial charge >= 0.3 is 5.97 Å². The SMILES string of the molecule is CCOC(=O)C(C)(C)C(=O)CN1CCC(CC(N)=O)CC1. The Morgan fingerprint density at radius 3 is 2.29 bits per heavy atom. The number of nitrogens with zero attached hydrogens (tertiary/aromatic N) is 1. The van der Waals surface area contributed by atoms with Crippen molar-refractivity contribution < 1.29 is 19.1 Å². The van der Waals surface area contributed by atoms with Crippen LogP contribution in [0.3, 0.4) is 0 Å². The molecule has 1 heterocycles. The van der Waals surface area contributed by atoms with Gasteiger partial charge in [0.25, 0.3) is 0 Å². The minimum absolute atomic E-state index is 0.130. The summed E-state index contributed by atoms with van der Waals surface area (Å²) in [6.07, 6.45) is 2.13. The van der Waals surface area contributed by atoms with E-state index in [4.69, 9.17) is 10.5 Å². The van der Waals surface area contributed by atoms with Crippen LogP contribution in [0.5, 0.6) is 0 Å². The lowest BCUT2D eigenvalue weighted by atomic mass is 9.87.